The van der Waals surface area contributed by atoms with Gasteiger partial charge in [0.25, 0.3) is 0 Å². The fraction of sp³-hybridized carbons (Fsp3) is 0.308. The number of carbonyl (C=O) groups excluding carboxylic acids is 2. The molecule has 1 aromatic carbocycles. The number of rotatable bonds is 2. The van der Waals surface area contributed by atoms with Gasteiger partial charge >= 0.3 is 0 Å². The van der Waals surface area contributed by atoms with Gasteiger partial charge in [-0.15, -0.1) is 0 Å². The van der Waals surface area contributed by atoms with Gasteiger partial charge in [-0.1, -0.05) is 29.8 Å². The standard InChI is InChI=1S/C13H12ClN3O2/c14-9-4-2-1-3-8(9)10-11(18)16-13(17-12(10)19)15-7-5-6-7/h1-4,7,10H,5-6H2,(H2,15,16,17,18,19). The number of halogens is 1. The summed E-state index contributed by atoms with van der Waals surface area (Å²) in [6.45, 7) is 0. The number of hydrogen-bond donors (Lipinski definition) is 2. The van der Waals surface area contributed by atoms with Gasteiger partial charge < -0.3 is 0 Å². The van der Waals surface area contributed by atoms with Gasteiger partial charge in [-0.05, 0) is 24.5 Å². The van der Waals surface area contributed by atoms with Crippen molar-refractivity contribution in [2.75, 3.05) is 0 Å². The average Bonchev–Trinajstić information content (AvgIpc) is 3.14. The van der Waals surface area contributed by atoms with Crippen LogP contribution in [-0.4, -0.2) is 23.8 Å². The highest BCUT2D eigenvalue weighted by Crippen LogP contribution is 2.27. The molecule has 0 unspecified atom stereocenters. The van der Waals surface area contributed by atoms with Gasteiger partial charge in [0, 0.05) is 5.02 Å². The van der Waals surface area contributed by atoms with Crippen LogP contribution in [0.25, 0.3) is 0 Å². The van der Waals surface area contributed by atoms with Gasteiger partial charge in [-0.25, -0.2) is 4.99 Å². The van der Waals surface area contributed by atoms with Crippen molar-refractivity contribution in [3.8, 4) is 0 Å². The zero-order chi connectivity index (χ0) is 13.4. The predicted octanol–water partition coefficient (Wildman–Crippen LogP) is 1.19. The Bertz CT molecular complexity index is 561. The second-order valence-electron chi connectivity index (χ2n) is 4.64. The van der Waals surface area contributed by atoms with Crippen molar-refractivity contribution in [1.29, 1.82) is 0 Å². The van der Waals surface area contributed by atoms with Gasteiger partial charge in [0.1, 0.15) is 5.92 Å². The Hall–Kier alpha value is -1.88. The van der Waals surface area contributed by atoms with Crippen LogP contribution in [0.2, 0.25) is 5.02 Å². The maximum absolute atomic E-state index is 12.1. The lowest BCUT2D eigenvalue weighted by Gasteiger charge is -2.24. The zero-order valence-electron chi connectivity index (χ0n) is 10.0. The minimum atomic E-state index is -0.924. The topological polar surface area (TPSA) is 70.6 Å². The lowest BCUT2D eigenvalue weighted by molar-refractivity contribution is -0.131. The van der Waals surface area contributed by atoms with Gasteiger partial charge in [-0.2, -0.15) is 0 Å². The summed E-state index contributed by atoms with van der Waals surface area (Å²) in [4.78, 5) is 28.3. The molecule has 0 spiro atoms. The minimum Gasteiger partial charge on any atom is -0.295 e. The summed E-state index contributed by atoms with van der Waals surface area (Å²) in [5, 5.41) is 5.63. The van der Waals surface area contributed by atoms with Gasteiger partial charge in [0.15, 0.2) is 0 Å². The van der Waals surface area contributed by atoms with E-state index in [1.54, 1.807) is 24.3 Å². The second-order valence-corrected chi connectivity index (χ2v) is 5.05. The van der Waals surface area contributed by atoms with Crippen LogP contribution in [-0.2, 0) is 9.59 Å². The lowest BCUT2D eigenvalue weighted by atomic mass is 9.96. The number of guanidine groups is 1. The number of carbonyl (C=O) groups is 2. The summed E-state index contributed by atoms with van der Waals surface area (Å²) in [7, 11) is 0. The van der Waals surface area contributed by atoms with E-state index >= 15 is 0 Å². The van der Waals surface area contributed by atoms with Crippen molar-refractivity contribution in [2.24, 2.45) is 4.99 Å². The minimum absolute atomic E-state index is 0.229. The summed E-state index contributed by atoms with van der Waals surface area (Å²) >= 11 is 6.03. The van der Waals surface area contributed by atoms with Crippen molar-refractivity contribution in [2.45, 2.75) is 24.8 Å². The van der Waals surface area contributed by atoms with Crippen LogP contribution in [0, 0.1) is 0 Å². The lowest BCUT2D eigenvalue weighted by Crippen LogP contribution is -2.55. The molecule has 0 aromatic heterocycles. The molecule has 1 aromatic rings. The van der Waals surface area contributed by atoms with E-state index in [1.807, 2.05) is 0 Å². The molecule has 2 amide bonds. The molecule has 19 heavy (non-hydrogen) atoms. The Morgan fingerprint density at radius 1 is 1.11 bits per heavy atom. The normalized spacial score (nSPS) is 22.8. The Kier molecular flexibility index (Phi) is 2.98. The number of benzene rings is 1. The Labute approximate surface area is 115 Å². The van der Waals surface area contributed by atoms with Crippen LogP contribution < -0.4 is 10.6 Å². The molecule has 3 rings (SSSR count). The molecule has 2 fully saturated rings. The number of hydrogen-bond acceptors (Lipinski definition) is 3. The SMILES string of the molecule is O=C1NC(=NC2CC2)NC(=O)C1c1ccccc1Cl. The van der Waals surface area contributed by atoms with Crippen LogP contribution in [0.3, 0.4) is 0 Å². The molecular formula is C13H12ClN3O2. The maximum Gasteiger partial charge on any atom is 0.243 e. The molecule has 0 radical (unpaired) electrons. The molecule has 1 heterocycles. The van der Waals surface area contributed by atoms with Gasteiger partial charge in [-0.3, -0.25) is 20.2 Å². The molecule has 1 aliphatic carbocycles. The van der Waals surface area contributed by atoms with Crippen LogP contribution in [0.4, 0.5) is 0 Å². The van der Waals surface area contributed by atoms with E-state index in [0.29, 0.717) is 10.6 Å². The third-order valence-electron chi connectivity index (χ3n) is 3.08. The first-order valence-corrected chi connectivity index (χ1v) is 6.47. The molecule has 1 aliphatic heterocycles. The summed E-state index contributed by atoms with van der Waals surface area (Å²) in [6.07, 6.45) is 2.01. The molecule has 6 heteroatoms. The second kappa shape index (κ2) is 4.66. The molecule has 1 saturated heterocycles. The fourth-order valence-electron chi connectivity index (χ4n) is 1.97. The van der Waals surface area contributed by atoms with Gasteiger partial charge in [0.2, 0.25) is 17.8 Å². The zero-order valence-corrected chi connectivity index (χ0v) is 10.8. The van der Waals surface area contributed by atoms with E-state index in [-0.39, 0.29) is 12.0 Å². The third kappa shape index (κ3) is 2.46. The smallest absolute Gasteiger partial charge is 0.243 e. The predicted molar refractivity (Wildman–Crippen MR) is 70.9 cm³/mol. The first-order chi connectivity index (χ1) is 9.15. The first-order valence-electron chi connectivity index (χ1n) is 6.09. The molecule has 1 saturated carbocycles. The summed E-state index contributed by atoms with van der Waals surface area (Å²) < 4.78 is 0. The summed E-state index contributed by atoms with van der Waals surface area (Å²) in [5.74, 6) is -1.46. The molecular weight excluding hydrogens is 266 g/mol. The summed E-state index contributed by atoms with van der Waals surface area (Å²) in [6, 6.07) is 7.06. The Balaban J connectivity index is 1.86. The molecule has 5 nitrogen and oxygen atoms in total. The number of amides is 2. The Morgan fingerprint density at radius 3 is 2.32 bits per heavy atom. The van der Waals surface area contributed by atoms with Gasteiger partial charge in [0.05, 0.1) is 6.04 Å². The number of aliphatic imine (C=N–C) groups is 1. The van der Waals surface area contributed by atoms with Crippen molar-refractivity contribution < 1.29 is 9.59 Å². The molecule has 0 atom stereocenters. The van der Waals surface area contributed by atoms with Crippen molar-refractivity contribution >= 4 is 29.4 Å². The Morgan fingerprint density at radius 2 is 1.74 bits per heavy atom. The highest BCUT2D eigenvalue weighted by molar-refractivity contribution is 6.32. The van der Waals surface area contributed by atoms with Crippen molar-refractivity contribution in [3.63, 3.8) is 0 Å². The highest BCUT2D eigenvalue weighted by atomic mass is 35.5. The monoisotopic (exact) mass is 277 g/mol. The quantitative estimate of drug-likeness (QED) is 0.797. The number of nitrogens with zero attached hydrogens (tertiary/aromatic N) is 1. The highest BCUT2D eigenvalue weighted by Gasteiger charge is 2.36. The number of nitrogens with one attached hydrogen (secondary N) is 2. The first kappa shape index (κ1) is 12.2. The average molecular weight is 278 g/mol. The third-order valence-corrected chi connectivity index (χ3v) is 3.43. The van der Waals surface area contributed by atoms with E-state index in [2.05, 4.69) is 15.6 Å². The van der Waals surface area contributed by atoms with Crippen LogP contribution >= 0.6 is 11.6 Å². The van der Waals surface area contributed by atoms with E-state index in [1.165, 1.54) is 0 Å². The van der Waals surface area contributed by atoms with E-state index in [0.717, 1.165) is 12.8 Å². The molecule has 98 valence electrons. The van der Waals surface area contributed by atoms with E-state index in [4.69, 9.17) is 11.6 Å². The van der Waals surface area contributed by atoms with Crippen LogP contribution in [0.5, 0.6) is 0 Å². The largest absolute Gasteiger partial charge is 0.295 e. The van der Waals surface area contributed by atoms with Crippen LogP contribution in [0.1, 0.15) is 24.3 Å². The fourth-order valence-corrected chi connectivity index (χ4v) is 2.22. The molecule has 2 aliphatic rings. The van der Waals surface area contributed by atoms with Crippen molar-refractivity contribution in [1.82, 2.24) is 10.6 Å². The van der Waals surface area contributed by atoms with Crippen LogP contribution in [0.15, 0.2) is 29.3 Å². The van der Waals surface area contributed by atoms with E-state index in [9.17, 15) is 9.59 Å². The molecule has 0 bridgehead atoms. The summed E-state index contributed by atoms with van der Waals surface area (Å²) in [5.41, 5.74) is 0.504. The maximum atomic E-state index is 12.1. The van der Waals surface area contributed by atoms with E-state index < -0.39 is 17.7 Å². The molecule has 2 N–H and O–H groups in total. The van der Waals surface area contributed by atoms with Crippen molar-refractivity contribution in [3.05, 3.63) is 34.9 Å².